The molecule has 84 valence electrons. The molecule has 1 heterocycles. The molecule has 0 amide bonds. The maximum Gasteiger partial charge on any atom is 0.0622 e. The fraction of sp³-hybridized carbons (Fsp3) is 1.00. The molecule has 0 aromatic heterocycles. The third kappa shape index (κ3) is 3.95. The maximum absolute atomic E-state index is 5.38. The summed E-state index contributed by atoms with van der Waals surface area (Å²) in [4.78, 5) is 2.42. The standard InChI is InChI=1S/C11H24N2O/c1-4-6-12-10(2)8-13(3)11-5-7-14-9-11/h10-12H,4-9H2,1-3H3. The summed E-state index contributed by atoms with van der Waals surface area (Å²) in [6.07, 6.45) is 2.40. The predicted molar refractivity (Wildman–Crippen MR) is 59.6 cm³/mol. The van der Waals surface area contributed by atoms with Crippen molar-refractivity contribution < 1.29 is 4.74 Å². The van der Waals surface area contributed by atoms with Crippen molar-refractivity contribution in [2.45, 2.75) is 38.8 Å². The Labute approximate surface area is 87.8 Å². The van der Waals surface area contributed by atoms with Crippen LogP contribution in [-0.4, -0.2) is 50.3 Å². The SMILES string of the molecule is CCCNC(C)CN(C)C1CCOC1. The Morgan fingerprint density at radius 1 is 1.57 bits per heavy atom. The molecule has 3 heteroatoms. The van der Waals surface area contributed by atoms with E-state index in [-0.39, 0.29) is 0 Å². The summed E-state index contributed by atoms with van der Waals surface area (Å²) in [5.41, 5.74) is 0. The first kappa shape index (κ1) is 12.0. The number of rotatable bonds is 6. The first-order valence-electron chi connectivity index (χ1n) is 5.75. The third-order valence-electron chi connectivity index (χ3n) is 2.83. The summed E-state index contributed by atoms with van der Waals surface area (Å²) in [7, 11) is 2.20. The number of likely N-dealkylation sites (N-methyl/N-ethyl adjacent to an activating group) is 1. The number of hydrogen-bond acceptors (Lipinski definition) is 3. The first-order chi connectivity index (χ1) is 6.74. The second kappa shape index (κ2) is 6.38. The molecule has 0 spiro atoms. The van der Waals surface area contributed by atoms with E-state index in [2.05, 4.69) is 31.1 Å². The third-order valence-corrected chi connectivity index (χ3v) is 2.83. The summed E-state index contributed by atoms with van der Waals surface area (Å²) in [5.74, 6) is 0. The summed E-state index contributed by atoms with van der Waals surface area (Å²) >= 11 is 0. The minimum atomic E-state index is 0.584. The van der Waals surface area contributed by atoms with Gasteiger partial charge in [0.2, 0.25) is 0 Å². The van der Waals surface area contributed by atoms with Gasteiger partial charge in [-0.3, -0.25) is 4.90 Å². The van der Waals surface area contributed by atoms with Gasteiger partial charge in [0.1, 0.15) is 0 Å². The lowest BCUT2D eigenvalue weighted by atomic mass is 10.2. The van der Waals surface area contributed by atoms with Gasteiger partial charge in [-0.15, -0.1) is 0 Å². The zero-order valence-electron chi connectivity index (χ0n) is 9.75. The minimum Gasteiger partial charge on any atom is -0.380 e. The lowest BCUT2D eigenvalue weighted by Gasteiger charge is -2.26. The van der Waals surface area contributed by atoms with Gasteiger partial charge >= 0.3 is 0 Å². The van der Waals surface area contributed by atoms with Crippen LogP contribution in [0.1, 0.15) is 26.7 Å². The molecule has 0 radical (unpaired) electrons. The van der Waals surface area contributed by atoms with Crippen molar-refractivity contribution in [2.75, 3.05) is 33.4 Å². The Kier molecular flexibility index (Phi) is 5.45. The van der Waals surface area contributed by atoms with Crippen molar-refractivity contribution in [1.29, 1.82) is 0 Å². The molecule has 1 aliphatic rings. The Bertz CT molecular complexity index is 146. The van der Waals surface area contributed by atoms with E-state index in [1.807, 2.05) is 0 Å². The first-order valence-corrected chi connectivity index (χ1v) is 5.75. The molecule has 3 nitrogen and oxygen atoms in total. The van der Waals surface area contributed by atoms with E-state index < -0.39 is 0 Å². The summed E-state index contributed by atoms with van der Waals surface area (Å²) in [6, 6.07) is 1.22. The van der Waals surface area contributed by atoms with Crippen LogP contribution in [0.5, 0.6) is 0 Å². The molecule has 2 atom stereocenters. The molecule has 0 aliphatic carbocycles. The van der Waals surface area contributed by atoms with Crippen LogP contribution in [0.2, 0.25) is 0 Å². The van der Waals surface area contributed by atoms with E-state index in [0.29, 0.717) is 12.1 Å². The van der Waals surface area contributed by atoms with Crippen LogP contribution >= 0.6 is 0 Å². The van der Waals surface area contributed by atoms with Gasteiger partial charge in [-0.2, -0.15) is 0 Å². The molecular formula is C11H24N2O. The summed E-state index contributed by atoms with van der Waals surface area (Å²) < 4.78 is 5.38. The lowest BCUT2D eigenvalue weighted by molar-refractivity contribution is 0.154. The number of ether oxygens (including phenoxy) is 1. The molecule has 1 saturated heterocycles. The highest BCUT2D eigenvalue weighted by molar-refractivity contribution is 4.76. The molecule has 0 aromatic carbocycles. The highest BCUT2D eigenvalue weighted by atomic mass is 16.5. The largest absolute Gasteiger partial charge is 0.380 e. The van der Waals surface area contributed by atoms with Crippen LogP contribution in [0.25, 0.3) is 0 Å². The Morgan fingerprint density at radius 3 is 2.93 bits per heavy atom. The number of hydrogen-bond donors (Lipinski definition) is 1. The molecule has 0 bridgehead atoms. The minimum absolute atomic E-state index is 0.584. The van der Waals surface area contributed by atoms with Gasteiger partial charge in [-0.1, -0.05) is 6.92 Å². The van der Waals surface area contributed by atoms with Crippen LogP contribution in [0, 0.1) is 0 Å². The second-order valence-electron chi connectivity index (χ2n) is 4.31. The van der Waals surface area contributed by atoms with Gasteiger partial charge in [0.05, 0.1) is 6.61 Å². The maximum atomic E-state index is 5.38. The quantitative estimate of drug-likeness (QED) is 0.695. The van der Waals surface area contributed by atoms with Crippen LogP contribution in [0.3, 0.4) is 0 Å². The van der Waals surface area contributed by atoms with E-state index in [1.54, 1.807) is 0 Å². The van der Waals surface area contributed by atoms with Crippen LogP contribution < -0.4 is 5.32 Å². The van der Waals surface area contributed by atoms with Crippen molar-refractivity contribution in [3.05, 3.63) is 0 Å². The summed E-state index contributed by atoms with van der Waals surface area (Å²) in [5, 5.41) is 3.50. The molecular weight excluding hydrogens is 176 g/mol. The van der Waals surface area contributed by atoms with Crippen molar-refractivity contribution in [3.8, 4) is 0 Å². The normalized spacial score (nSPS) is 24.4. The zero-order valence-corrected chi connectivity index (χ0v) is 9.75. The average Bonchev–Trinajstić information content (AvgIpc) is 2.67. The van der Waals surface area contributed by atoms with Crippen molar-refractivity contribution in [3.63, 3.8) is 0 Å². The molecule has 0 saturated carbocycles. The molecule has 1 rings (SSSR count). The highest BCUT2D eigenvalue weighted by Gasteiger charge is 2.20. The van der Waals surface area contributed by atoms with Crippen LogP contribution in [0.15, 0.2) is 0 Å². The molecule has 1 N–H and O–H groups in total. The smallest absolute Gasteiger partial charge is 0.0622 e. The Hall–Kier alpha value is -0.120. The Balaban J connectivity index is 2.14. The fourth-order valence-electron chi connectivity index (χ4n) is 1.91. The van der Waals surface area contributed by atoms with E-state index in [4.69, 9.17) is 4.74 Å². The van der Waals surface area contributed by atoms with E-state index in [1.165, 1.54) is 12.8 Å². The van der Waals surface area contributed by atoms with Crippen LogP contribution in [0.4, 0.5) is 0 Å². The van der Waals surface area contributed by atoms with Crippen LogP contribution in [-0.2, 0) is 4.74 Å². The average molecular weight is 200 g/mol. The van der Waals surface area contributed by atoms with Gasteiger partial charge < -0.3 is 10.1 Å². The van der Waals surface area contributed by atoms with E-state index >= 15 is 0 Å². The van der Waals surface area contributed by atoms with Crippen molar-refractivity contribution in [1.82, 2.24) is 10.2 Å². The van der Waals surface area contributed by atoms with Gasteiger partial charge in [0.25, 0.3) is 0 Å². The predicted octanol–water partition coefficient (Wildman–Crippen LogP) is 1.10. The summed E-state index contributed by atoms with van der Waals surface area (Å²) in [6.45, 7) is 8.54. The van der Waals surface area contributed by atoms with Crippen molar-refractivity contribution >= 4 is 0 Å². The van der Waals surface area contributed by atoms with Gasteiger partial charge in [0, 0.05) is 25.2 Å². The molecule has 2 unspecified atom stereocenters. The van der Waals surface area contributed by atoms with Gasteiger partial charge in [-0.25, -0.2) is 0 Å². The zero-order chi connectivity index (χ0) is 10.4. The second-order valence-corrected chi connectivity index (χ2v) is 4.31. The Morgan fingerprint density at radius 2 is 2.36 bits per heavy atom. The van der Waals surface area contributed by atoms with E-state index in [0.717, 1.165) is 26.3 Å². The van der Waals surface area contributed by atoms with Crippen molar-refractivity contribution in [2.24, 2.45) is 0 Å². The van der Waals surface area contributed by atoms with E-state index in [9.17, 15) is 0 Å². The lowest BCUT2D eigenvalue weighted by Crippen LogP contribution is -2.42. The highest BCUT2D eigenvalue weighted by Crippen LogP contribution is 2.10. The fourth-order valence-corrected chi connectivity index (χ4v) is 1.91. The molecule has 0 aromatic rings. The molecule has 1 aliphatic heterocycles. The topological polar surface area (TPSA) is 24.5 Å². The number of nitrogens with zero attached hydrogens (tertiary/aromatic N) is 1. The molecule has 14 heavy (non-hydrogen) atoms. The van der Waals surface area contributed by atoms with Gasteiger partial charge in [-0.05, 0) is 33.4 Å². The number of nitrogens with one attached hydrogen (secondary N) is 1. The monoisotopic (exact) mass is 200 g/mol. The molecule has 1 fully saturated rings. The van der Waals surface area contributed by atoms with Gasteiger partial charge in [0.15, 0.2) is 0 Å².